The van der Waals surface area contributed by atoms with Crippen LogP contribution >= 0.6 is 0 Å². The second-order valence-corrected chi connectivity index (χ2v) is 2.04. The predicted molar refractivity (Wildman–Crippen MR) is 54.3 cm³/mol. The number of nitrogens with one attached hydrogen (secondary N) is 2. The fraction of sp³-hybridized carbons (Fsp3) is 0.333. The molecule has 11 heteroatoms. The van der Waals surface area contributed by atoms with Gasteiger partial charge >= 0.3 is 0 Å². The molecule has 0 aromatic rings. The third-order valence-electron chi connectivity index (χ3n) is 0.772. The average Bonchev–Trinajstić information content (AvgIpc) is 2.16. The van der Waals surface area contributed by atoms with Crippen molar-refractivity contribution in [1.82, 2.24) is 0 Å². The molecule has 0 saturated carbocycles. The summed E-state index contributed by atoms with van der Waals surface area (Å²) in [6.07, 6.45) is 0. The average molecular weight is 337 g/mol. The van der Waals surface area contributed by atoms with Crippen molar-refractivity contribution in [3.63, 3.8) is 0 Å². The maximum absolute atomic E-state index is 9.97. The Morgan fingerprint density at radius 3 is 1.12 bits per heavy atom. The van der Waals surface area contributed by atoms with E-state index in [4.69, 9.17) is 11.5 Å². The Hall–Kier alpha value is -1.54. The van der Waals surface area contributed by atoms with Gasteiger partial charge in [-0.05, 0) is 0 Å². The van der Waals surface area contributed by atoms with Crippen molar-refractivity contribution in [3.8, 4) is 0 Å². The van der Waals surface area contributed by atoms with Gasteiger partial charge in [0.2, 0.25) is 0 Å². The van der Waals surface area contributed by atoms with Crippen LogP contribution in [0.5, 0.6) is 0 Å². The second-order valence-electron chi connectivity index (χ2n) is 2.04. The van der Waals surface area contributed by atoms with Crippen molar-refractivity contribution >= 4 is 23.9 Å². The van der Waals surface area contributed by atoms with Crippen LogP contribution < -0.4 is 11.5 Å². The van der Waals surface area contributed by atoms with Crippen LogP contribution in [0.25, 0.3) is 22.1 Å². The van der Waals surface area contributed by atoms with E-state index in [-0.39, 0.29) is 20.4 Å². The molecule has 0 aromatic heterocycles. The van der Waals surface area contributed by atoms with Gasteiger partial charge in [-0.3, -0.25) is 9.59 Å². The summed E-state index contributed by atoms with van der Waals surface area (Å²) in [4.78, 5) is 39.4. The van der Waals surface area contributed by atoms with Gasteiger partial charge in [-0.2, -0.15) is 0 Å². The van der Waals surface area contributed by atoms with Crippen LogP contribution in [0.3, 0.4) is 0 Å². The van der Waals surface area contributed by atoms with E-state index in [2.05, 4.69) is 22.1 Å². The molecule has 6 amide bonds. The van der Waals surface area contributed by atoms with Crippen LogP contribution in [0.15, 0.2) is 0 Å². The minimum atomic E-state index is -1.04. The molecule has 0 atom stereocenters. The van der Waals surface area contributed by atoms with E-state index in [0.29, 0.717) is 0 Å². The molecule has 0 unspecified atom stereocenters. The number of nitrogens with zero attached hydrogens (tertiary/aromatic N) is 2. The molecule has 17 heavy (non-hydrogen) atoms. The van der Waals surface area contributed by atoms with Gasteiger partial charge in [0.05, 0.1) is 0 Å². The normalized spacial score (nSPS) is 7.65. The van der Waals surface area contributed by atoms with Crippen LogP contribution in [-0.4, -0.2) is 37.0 Å². The van der Waals surface area contributed by atoms with Gasteiger partial charge in [0.25, 0.3) is 0 Å². The standard InChI is InChI=1S/2C3H6N3O2.Pd/c2*4-1-2(7)6-3(5)8;/h2*4H,1H2,(H3,5,6,7,8);/q2*-1;/p-2. The number of imide groups is 2. The maximum Gasteiger partial charge on any atom is 0.156 e. The number of hydrogen-bond donors (Lipinski definition) is 2. The first-order chi connectivity index (χ1) is 7.33. The fourth-order valence-electron chi connectivity index (χ4n) is 0.325. The number of primary amides is 2. The Labute approximate surface area is 110 Å². The number of carbonyl (C=O) groups is 4. The molecular weight excluding hydrogens is 327 g/mol. The minimum absolute atomic E-state index is 0. The Balaban J connectivity index is -0.000000218. The first-order valence-corrected chi connectivity index (χ1v) is 3.70. The van der Waals surface area contributed by atoms with Gasteiger partial charge in [0.15, 0.2) is 12.1 Å². The third kappa shape index (κ3) is 20.5. The number of urea groups is 2. The first-order valence-electron chi connectivity index (χ1n) is 3.70. The van der Waals surface area contributed by atoms with Crippen molar-refractivity contribution in [2.45, 2.75) is 0 Å². The van der Waals surface area contributed by atoms with E-state index in [1.165, 1.54) is 0 Å². The summed E-state index contributed by atoms with van der Waals surface area (Å²) in [6.45, 7) is -1.05. The van der Waals surface area contributed by atoms with Crippen LogP contribution in [0.2, 0.25) is 0 Å². The molecule has 0 heterocycles. The molecule has 102 valence electrons. The molecule has 0 radical (unpaired) electrons. The quantitative estimate of drug-likeness (QED) is 0.671. The summed E-state index contributed by atoms with van der Waals surface area (Å²) in [5, 5.41) is 5.42. The van der Waals surface area contributed by atoms with Gasteiger partial charge in [0, 0.05) is 20.4 Å². The topological polar surface area (TPSA) is 196 Å². The Morgan fingerprint density at radius 2 is 1.06 bits per heavy atom. The van der Waals surface area contributed by atoms with Gasteiger partial charge < -0.3 is 43.2 Å². The molecule has 0 rings (SSSR count). The number of amides is 6. The number of hydrogen-bond acceptors (Lipinski definition) is 4. The van der Waals surface area contributed by atoms with Crippen LogP contribution in [0.1, 0.15) is 0 Å². The Bertz CT molecular complexity index is 256. The number of carbonyl (C=O) groups excluding carboxylic acids is 4. The number of nitrogens with two attached hydrogens (primary N) is 2. The van der Waals surface area contributed by atoms with Crippen molar-refractivity contribution in [2.75, 3.05) is 13.1 Å². The van der Waals surface area contributed by atoms with Crippen molar-refractivity contribution in [3.05, 3.63) is 22.1 Å². The van der Waals surface area contributed by atoms with Crippen LogP contribution in [-0.2, 0) is 30.0 Å². The zero-order chi connectivity index (χ0) is 13.1. The summed E-state index contributed by atoms with van der Waals surface area (Å²) in [6, 6.07) is -2.08. The summed E-state index contributed by atoms with van der Waals surface area (Å²) in [5.41, 5.74) is 21.6. The van der Waals surface area contributed by atoms with E-state index in [1.54, 1.807) is 0 Å². The molecule has 6 N–H and O–H groups in total. The zero-order valence-electron chi connectivity index (χ0n) is 8.41. The summed E-state index contributed by atoms with van der Waals surface area (Å²) in [7, 11) is 0. The molecule has 10 nitrogen and oxygen atoms in total. The van der Waals surface area contributed by atoms with E-state index in [1.807, 2.05) is 0 Å². The largest absolute Gasteiger partial charge is 0.671 e. The minimum Gasteiger partial charge on any atom is -0.671 e. The van der Waals surface area contributed by atoms with Gasteiger partial charge in [-0.25, -0.2) is 0 Å². The molecule has 0 saturated heterocycles. The number of rotatable bonds is 2. The second kappa shape index (κ2) is 12.5. The van der Waals surface area contributed by atoms with Gasteiger partial charge in [0.1, 0.15) is 11.8 Å². The molecule has 0 aliphatic carbocycles. The van der Waals surface area contributed by atoms with E-state index >= 15 is 0 Å². The van der Waals surface area contributed by atoms with Crippen LogP contribution in [0.4, 0.5) is 9.59 Å². The summed E-state index contributed by atoms with van der Waals surface area (Å²) >= 11 is 0. The van der Waals surface area contributed by atoms with Crippen molar-refractivity contribution in [2.24, 2.45) is 11.5 Å². The van der Waals surface area contributed by atoms with E-state index < -0.39 is 37.0 Å². The molecule has 0 aliphatic heterocycles. The predicted octanol–water partition coefficient (Wildman–Crippen LogP) is 0.0327. The maximum atomic E-state index is 9.97. The van der Waals surface area contributed by atoms with Gasteiger partial charge in [-0.15, -0.1) is 0 Å². The monoisotopic (exact) mass is 336 g/mol. The van der Waals surface area contributed by atoms with E-state index in [9.17, 15) is 19.2 Å². The first kappa shape index (κ1) is 20.8. The van der Waals surface area contributed by atoms with Gasteiger partial charge in [-0.1, -0.05) is 13.1 Å². The van der Waals surface area contributed by atoms with E-state index in [0.717, 1.165) is 0 Å². The van der Waals surface area contributed by atoms with Crippen molar-refractivity contribution in [1.29, 1.82) is 0 Å². The fourth-order valence-corrected chi connectivity index (χ4v) is 0.325. The Morgan fingerprint density at radius 1 is 0.824 bits per heavy atom. The Kier molecular flexibility index (Phi) is 15.3. The molecule has 0 aromatic carbocycles. The smallest absolute Gasteiger partial charge is 0.156 e. The molecule has 0 fully saturated rings. The molecule has 0 bridgehead atoms. The SMILES string of the molecule is [NH-]CC(=O)[N-]C(N)=O.[NH-]CC(=O)[N-]C(N)=O.[Pd]. The molecule has 0 aliphatic rings. The third-order valence-corrected chi connectivity index (χ3v) is 0.772. The van der Waals surface area contributed by atoms with Crippen LogP contribution in [0, 0.1) is 0 Å². The summed E-state index contributed by atoms with van der Waals surface area (Å²) < 4.78 is 0. The van der Waals surface area contributed by atoms with Crippen molar-refractivity contribution < 1.29 is 39.6 Å². The summed E-state index contributed by atoms with van der Waals surface area (Å²) in [5.74, 6) is -1.62. The molecular formula is C6H10N6O4Pd-4. The molecule has 0 spiro atoms. The zero-order valence-corrected chi connectivity index (χ0v) is 9.97.